The minimum atomic E-state index is -3.49. The number of rotatable bonds is 9. The third-order valence-corrected chi connectivity index (χ3v) is 6.33. The Balaban J connectivity index is 1.62. The van der Waals surface area contributed by atoms with E-state index in [1.807, 2.05) is 49.4 Å². The summed E-state index contributed by atoms with van der Waals surface area (Å²) in [5.41, 5.74) is 2.75. The maximum absolute atomic E-state index is 12.0. The molecule has 0 amide bonds. The zero-order chi connectivity index (χ0) is 21.6. The van der Waals surface area contributed by atoms with Gasteiger partial charge in [-0.1, -0.05) is 30.3 Å². The largest absolute Gasteiger partial charge is 0.488 e. The van der Waals surface area contributed by atoms with Gasteiger partial charge < -0.3 is 9.84 Å². The molecule has 158 valence electrons. The van der Waals surface area contributed by atoms with E-state index in [0.717, 1.165) is 23.1 Å². The van der Waals surface area contributed by atoms with Crippen LogP contribution in [0.2, 0.25) is 0 Å². The number of sulfonamides is 1. The fraction of sp³-hybridized carbons (Fsp3) is 0.261. The first kappa shape index (κ1) is 22.0. The molecule has 3 aromatic rings. The van der Waals surface area contributed by atoms with Crippen molar-refractivity contribution in [2.75, 3.05) is 7.05 Å². The third-order valence-electron chi connectivity index (χ3n) is 4.92. The zero-order valence-corrected chi connectivity index (χ0v) is 17.8. The molecule has 0 saturated heterocycles. The predicted molar refractivity (Wildman–Crippen MR) is 117 cm³/mol. The van der Waals surface area contributed by atoms with Crippen molar-refractivity contribution in [3.8, 4) is 16.9 Å². The lowest BCUT2D eigenvalue weighted by molar-refractivity contribution is 0.0420. The molecule has 2 N–H and O–H groups in total. The van der Waals surface area contributed by atoms with Crippen molar-refractivity contribution in [3.63, 3.8) is 0 Å². The Morgan fingerprint density at radius 1 is 1.07 bits per heavy atom. The molecular formula is C23H26N2O4S. The van der Waals surface area contributed by atoms with Crippen LogP contribution in [0.3, 0.4) is 0 Å². The average molecular weight is 427 g/mol. The second kappa shape index (κ2) is 9.84. The quantitative estimate of drug-likeness (QED) is 0.547. The van der Waals surface area contributed by atoms with E-state index >= 15 is 0 Å². The molecule has 3 rings (SSSR count). The summed E-state index contributed by atoms with van der Waals surface area (Å²) in [7, 11) is -2.10. The summed E-state index contributed by atoms with van der Waals surface area (Å²) in [6.45, 7) is 1.84. The molecule has 2 unspecified atom stereocenters. The highest BCUT2D eigenvalue weighted by atomic mass is 32.2. The highest BCUT2D eigenvalue weighted by Gasteiger charge is 2.16. The molecule has 0 aliphatic rings. The lowest BCUT2D eigenvalue weighted by Gasteiger charge is -2.20. The number of ether oxygens (including phenoxy) is 1. The smallest absolute Gasteiger partial charge is 0.240 e. The summed E-state index contributed by atoms with van der Waals surface area (Å²) in [6, 6.07) is 18.0. The molecule has 0 saturated carbocycles. The van der Waals surface area contributed by atoms with Crippen LogP contribution in [-0.4, -0.2) is 37.8 Å². The van der Waals surface area contributed by atoms with Gasteiger partial charge in [-0.3, -0.25) is 4.98 Å². The summed E-state index contributed by atoms with van der Waals surface area (Å²) >= 11 is 0. The van der Waals surface area contributed by atoms with Crippen molar-refractivity contribution in [1.82, 2.24) is 9.71 Å². The van der Waals surface area contributed by atoms with Crippen molar-refractivity contribution in [2.45, 2.75) is 36.9 Å². The van der Waals surface area contributed by atoms with E-state index in [-0.39, 0.29) is 11.0 Å². The molecule has 2 aromatic carbocycles. The normalized spacial score (nSPS) is 13.6. The number of nitrogens with zero attached hydrogens (tertiary/aromatic N) is 1. The van der Waals surface area contributed by atoms with E-state index in [0.29, 0.717) is 12.2 Å². The molecular weight excluding hydrogens is 400 g/mol. The van der Waals surface area contributed by atoms with Gasteiger partial charge in [-0.05, 0) is 73.8 Å². The van der Waals surface area contributed by atoms with Gasteiger partial charge in [-0.25, -0.2) is 13.1 Å². The summed E-state index contributed by atoms with van der Waals surface area (Å²) in [6.07, 6.45) is 3.87. The topological polar surface area (TPSA) is 88.5 Å². The number of aromatic nitrogens is 1. The van der Waals surface area contributed by atoms with Crippen LogP contribution in [0.5, 0.6) is 5.75 Å². The van der Waals surface area contributed by atoms with Gasteiger partial charge in [0.2, 0.25) is 10.0 Å². The first-order valence-corrected chi connectivity index (χ1v) is 11.2. The van der Waals surface area contributed by atoms with Crippen LogP contribution >= 0.6 is 0 Å². The van der Waals surface area contributed by atoms with Gasteiger partial charge in [0.15, 0.2) is 0 Å². The molecule has 0 aliphatic heterocycles. The summed E-state index contributed by atoms with van der Waals surface area (Å²) < 4.78 is 32.2. The van der Waals surface area contributed by atoms with Gasteiger partial charge in [-0.15, -0.1) is 0 Å². The molecule has 0 aliphatic carbocycles. The van der Waals surface area contributed by atoms with E-state index in [9.17, 15) is 13.5 Å². The van der Waals surface area contributed by atoms with E-state index in [1.165, 1.54) is 7.05 Å². The van der Waals surface area contributed by atoms with Crippen molar-refractivity contribution in [2.24, 2.45) is 0 Å². The molecule has 7 heteroatoms. The molecule has 0 bridgehead atoms. The van der Waals surface area contributed by atoms with Gasteiger partial charge in [0, 0.05) is 12.4 Å². The van der Waals surface area contributed by atoms with Gasteiger partial charge >= 0.3 is 0 Å². The number of nitrogens with one attached hydrogen (secondary N) is 1. The Kier molecular flexibility index (Phi) is 7.20. The van der Waals surface area contributed by atoms with Crippen LogP contribution in [0, 0.1) is 0 Å². The number of hydrogen-bond donors (Lipinski definition) is 2. The molecule has 2 atom stereocenters. The Morgan fingerprint density at radius 2 is 1.83 bits per heavy atom. The SMILES string of the molecule is CNS(=O)(=O)c1cccc(-c2ccc(OC(C)C(O)CCc3cccnc3)cc2)c1. The van der Waals surface area contributed by atoms with Crippen LogP contribution in [0.15, 0.2) is 78.0 Å². The highest BCUT2D eigenvalue weighted by molar-refractivity contribution is 7.89. The monoisotopic (exact) mass is 426 g/mol. The lowest BCUT2D eigenvalue weighted by Crippen LogP contribution is -2.29. The summed E-state index contributed by atoms with van der Waals surface area (Å²) in [5.74, 6) is 0.644. The molecule has 0 spiro atoms. The average Bonchev–Trinajstić information content (AvgIpc) is 2.78. The highest BCUT2D eigenvalue weighted by Crippen LogP contribution is 2.25. The zero-order valence-electron chi connectivity index (χ0n) is 17.0. The maximum Gasteiger partial charge on any atom is 0.240 e. The number of aryl methyl sites for hydroxylation is 1. The van der Waals surface area contributed by atoms with Crippen molar-refractivity contribution in [1.29, 1.82) is 0 Å². The molecule has 6 nitrogen and oxygen atoms in total. The van der Waals surface area contributed by atoms with Gasteiger partial charge in [0.25, 0.3) is 0 Å². The Labute approximate surface area is 177 Å². The van der Waals surface area contributed by atoms with E-state index in [4.69, 9.17) is 4.74 Å². The van der Waals surface area contributed by atoms with Crippen LogP contribution in [0.1, 0.15) is 18.9 Å². The van der Waals surface area contributed by atoms with E-state index in [1.54, 1.807) is 30.6 Å². The van der Waals surface area contributed by atoms with E-state index < -0.39 is 16.1 Å². The van der Waals surface area contributed by atoms with Crippen molar-refractivity contribution >= 4 is 10.0 Å². The predicted octanol–water partition coefficient (Wildman–Crippen LogP) is 3.42. The summed E-state index contributed by atoms with van der Waals surface area (Å²) in [4.78, 5) is 4.30. The van der Waals surface area contributed by atoms with Crippen molar-refractivity contribution < 1.29 is 18.3 Å². The minimum Gasteiger partial charge on any atom is -0.488 e. The number of aliphatic hydroxyl groups excluding tert-OH is 1. The number of pyridine rings is 1. The second-order valence-electron chi connectivity index (χ2n) is 7.05. The molecule has 0 radical (unpaired) electrons. The molecule has 0 fully saturated rings. The summed E-state index contributed by atoms with van der Waals surface area (Å²) in [5, 5.41) is 10.4. The van der Waals surface area contributed by atoms with E-state index in [2.05, 4.69) is 9.71 Å². The first-order valence-electron chi connectivity index (χ1n) is 9.77. The molecule has 30 heavy (non-hydrogen) atoms. The number of benzene rings is 2. The fourth-order valence-corrected chi connectivity index (χ4v) is 3.85. The minimum absolute atomic E-state index is 0.216. The number of hydrogen-bond acceptors (Lipinski definition) is 5. The van der Waals surface area contributed by atoms with Gasteiger partial charge in [-0.2, -0.15) is 0 Å². The fourth-order valence-electron chi connectivity index (χ4n) is 3.08. The molecule has 1 aromatic heterocycles. The third kappa shape index (κ3) is 5.66. The standard InChI is InChI=1S/C23H26N2O4S/c1-17(23(26)13-8-18-5-4-14-25-16-18)29-21-11-9-19(10-12-21)20-6-3-7-22(15-20)30(27,28)24-2/h3-7,9-12,14-17,23-24,26H,8,13H2,1-2H3. The van der Waals surface area contributed by atoms with Crippen molar-refractivity contribution in [3.05, 3.63) is 78.6 Å². The van der Waals surface area contributed by atoms with Crippen LogP contribution < -0.4 is 9.46 Å². The van der Waals surface area contributed by atoms with Crippen LogP contribution in [-0.2, 0) is 16.4 Å². The lowest BCUT2D eigenvalue weighted by atomic mass is 10.0. The Hall–Kier alpha value is -2.74. The van der Waals surface area contributed by atoms with Crippen LogP contribution in [0.4, 0.5) is 0 Å². The Morgan fingerprint density at radius 3 is 2.50 bits per heavy atom. The first-order chi connectivity index (χ1) is 14.4. The maximum atomic E-state index is 12.0. The molecule has 1 heterocycles. The van der Waals surface area contributed by atoms with Crippen LogP contribution in [0.25, 0.3) is 11.1 Å². The van der Waals surface area contributed by atoms with Gasteiger partial charge in [0.1, 0.15) is 11.9 Å². The second-order valence-corrected chi connectivity index (χ2v) is 8.94. The van der Waals surface area contributed by atoms with Gasteiger partial charge in [0.05, 0.1) is 11.0 Å². The Bertz CT molecular complexity index is 1050. The number of aliphatic hydroxyl groups is 1.